The van der Waals surface area contributed by atoms with Crippen molar-refractivity contribution in [1.29, 1.82) is 0 Å². The van der Waals surface area contributed by atoms with E-state index in [-0.39, 0.29) is 0 Å². The van der Waals surface area contributed by atoms with E-state index in [0.29, 0.717) is 26.0 Å². The maximum absolute atomic E-state index is 12.2. The van der Waals surface area contributed by atoms with E-state index in [1.54, 1.807) is 0 Å². The van der Waals surface area contributed by atoms with E-state index in [2.05, 4.69) is 6.07 Å². The molecule has 0 aromatic heterocycles. The molecule has 0 saturated carbocycles. The van der Waals surface area contributed by atoms with Crippen molar-refractivity contribution in [3.8, 4) is 5.75 Å². The predicted octanol–water partition coefficient (Wildman–Crippen LogP) is 4.30. The molecule has 20 heavy (non-hydrogen) atoms. The third-order valence-electron chi connectivity index (χ3n) is 2.67. The van der Waals surface area contributed by atoms with E-state index < -0.39 is 7.60 Å². The number of hydrogen-bond donors (Lipinski definition) is 0. The van der Waals surface area contributed by atoms with Crippen molar-refractivity contribution in [3.05, 3.63) is 30.3 Å². The van der Waals surface area contributed by atoms with Crippen molar-refractivity contribution in [2.75, 3.05) is 26.0 Å². The molecule has 5 heteroatoms. The summed E-state index contributed by atoms with van der Waals surface area (Å²) in [6, 6.07) is 10.6. The lowest BCUT2D eigenvalue weighted by Crippen LogP contribution is -2.02. The maximum atomic E-state index is 12.2. The Morgan fingerprint density at radius 1 is 1.10 bits per heavy atom. The molecular weight excluding hydrogens is 275 g/mol. The Bertz CT molecular complexity index is 384. The Morgan fingerprint density at radius 3 is 2.45 bits per heavy atom. The average molecular weight is 299 g/mol. The van der Waals surface area contributed by atoms with Crippen LogP contribution in [0.3, 0.4) is 0 Å². The molecule has 0 heterocycles. The highest BCUT2D eigenvalue weighted by Crippen LogP contribution is 2.48. The SMILES string of the molecule is CCOP(=O)(CCCCCOc1[c]cccc1)OCC. The molecule has 0 fully saturated rings. The fourth-order valence-corrected chi connectivity index (χ4v) is 3.52. The normalized spacial score (nSPS) is 11.5. The molecule has 0 aliphatic heterocycles. The zero-order valence-corrected chi connectivity index (χ0v) is 13.2. The predicted molar refractivity (Wildman–Crippen MR) is 80.3 cm³/mol. The summed E-state index contributed by atoms with van der Waals surface area (Å²) in [5.74, 6) is 0.766. The van der Waals surface area contributed by atoms with Crippen molar-refractivity contribution in [3.63, 3.8) is 0 Å². The van der Waals surface area contributed by atoms with Crippen LogP contribution in [0.5, 0.6) is 5.75 Å². The van der Waals surface area contributed by atoms with E-state index in [1.807, 2.05) is 38.1 Å². The van der Waals surface area contributed by atoms with Gasteiger partial charge >= 0.3 is 7.60 Å². The summed E-state index contributed by atoms with van der Waals surface area (Å²) >= 11 is 0. The first kappa shape index (κ1) is 17.2. The van der Waals surface area contributed by atoms with Crippen molar-refractivity contribution in [2.24, 2.45) is 0 Å². The summed E-state index contributed by atoms with van der Waals surface area (Å²) in [5.41, 5.74) is 0. The number of benzene rings is 1. The van der Waals surface area contributed by atoms with Crippen LogP contribution in [0, 0.1) is 6.07 Å². The van der Waals surface area contributed by atoms with Gasteiger partial charge in [0.05, 0.1) is 26.0 Å². The molecule has 4 nitrogen and oxygen atoms in total. The fraction of sp³-hybridized carbons (Fsp3) is 0.600. The van der Waals surface area contributed by atoms with Gasteiger partial charge in [-0.2, -0.15) is 0 Å². The van der Waals surface area contributed by atoms with Crippen LogP contribution in [-0.4, -0.2) is 26.0 Å². The molecule has 0 atom stereocenters. The second-order valence-corrected chi connectivity index (χ2v) is 6.49. The lowest BCUT2D eigenvalue weighted by molar-refractivity contribution is 0.219. The molecule has 0 unspecified atom stereocenters. The molecule has 1 aromatic carbocycles. The molecule has 0 bridgehead atoms. The van der Waals surface area contributed by atoms with Gasteiger partial charge in [-0.25, -0.2) is 0 Å². The van der Waals surface area contributed by atoms with Crippen LogP contribution in [0.1, 0.15) is 33.1 Å². The van der Waals surface area contributed by atoms with E-state index in [1.165, 1.54) is 0 Å². The van der Waals surface area contributed by atoms with E-state index in [9.17, 15) is 4.57 Å². The van der Waals surface area contributed by atoms with Crippen LogP contribution in [0.15, 0.2) is 24.3 Å². The topological polar surface area (TPSA) is 44.8 Å². The maximum Gasteiger partial charge on any atom is 0.330 e. The molecule has 113 valence electrons. The summed E-state index contributed by atoms with van der Waals surface area (Å²) in [4.78, 5) is 0. The van der Waals surface area contributed by atoms with Crippen LogP contribution in [0.4, 0.5) is 0 Å². The summed E-state index contributed by atoms with van der Waals surface area (Å²) in [7, 11) is -2.87. The highest BCUT2D eigenvalue weighted by molar-refractivity contribution is 7.53. The molecule has 0 saturated heterocycles. The highest BCUT2D eigenvalue weighted by atomic mass is 31.2. The molecule has 0 aliphatic carbocycles. The van der Waals surface area contributed by atoms with Gasteiger partial charge in [0.15, 0.2) is 0 Å². The molecule has 1 rings (SSSR count). The molecule has 0 N–H and O–H groups in total. The van der Waals surface area contributed by atoms with Gasteiger partial charge in [0.1, 0.15) is 5.75 Å². The fourth-order valence-electron chi connectivity index (χ4n) is 1.79. The summed E-state index contributed by atoms with van der Waals surface area (Å²) in [6.45, 7) is 5.15. The quantitative estimate of drug-likeness (QED) is 0.451. The summed E-state index contributed by atoms with van der Waals surface area (Å²) in [6.07, 6.45) is 3.16. The minimum Gasteiger partial charge on any atom is -0.493 e. The van der Waals surface area contributed by atoms with Gasteiger partial charge in [-0.15, -0.1) is 0 Å². The Balaban J connectivity index is 2.13. The zero-order valence-electron chi connectivity index (χ0n) is 12.3. The van der Waals surface area contributed by atoms with Gasteiger partial charge in [0.25, 0.3) is 0 Å². The smallest absolute Gasteiger partial charge is 0.330 e. The first-order chi connectivity index (χ1) is 9.70. The van der Waals surface area contributed by atoms with E-state index >= 15 is 0 Å². The lowest BCUT2D eigenvalue weighted by atomic mass is 10.3. The molecule has 0 spiro atoms. The second-order valence-electron chi connectivity index (χ2n) is 4.31. The van der Waals surface area contributed by atoms with Crippen LogP contribution in [-0.2, 0) is 13.6 Å². The Labute approximate surface area is 122 Å². The van der Waals surface area contributed by atoms with Crippen LogP contribution in [0.2, 0.25) is 0 Å². The number of hydrogen-bond acceptors (Lipinski definition) is 4. The minimum absolute atomic E-state index is 0.421. The number of para-hydroxylation sites is 1. The van der Waals surface area contributed by atoms with E-state index in [4.69, 9.17) is 13.8 Å². The summed E-state index contributed by atoms with van der Waals surface area (Å²) in [5, 5.41) is 0. The summed E-state index contributed by atoms with van der Waals surface area (Å²) < 4.78 is 28.2. The van der Waals surface area contributed by atoms with Gasteiger partial charge in [-0.1, -0.05) is 18.2 Å². The van der Waals surface area contributed by atoms with Gasteiger partial charge in [-0.05, 0) is 39.2 Å². The molecule has 1 radical (unpaired) electrons. The van der Waals surface area contributed by atoms with Gasteiger partial charge in [0.2, 0.25) is 0 Å². The molecule has 0 aliphatic rings. The van der Waals surface area contributed by atoms with Crippen molar-refractivity contribution < 1.29 is 18.3 Å². The van der Waals surface area contributed by atoms with Crippen molar-refractivity contribution in [1.82, 2.24) is 0 Å². The van der Waals surface area contributed by atoms with Crippen LogP contribution < -0.4 is 4.74 Å². The Hall–Kier alpha value is -0.830. The first-order valence-electron chi connectivity index (χ1n) is 7.18. The molecule has 0 amide bonds. The third kappa shape index (κ3) is 7.09. The molecule has 1 aromatic rings. The average Bonchev–Trinajstić information content (AvgIpc) is 2.44. The van der Waals surface area contributed by atoms with Gasteiger partial charge in [-0.3, -0.25) is 4.57 Å². The number of ether oxygens (including phenoxy) is 1. The Morgan fingerprint density at radius 2 is 1.85 bits per heavy atom. The zero-order chi connectivity index (χ0) is 14.7. The van der Waals surface area contributed by atoms with Crippen LogP contribution in [0.25, 0.3) is 0 Å². The standard InChI is InChI=1S/C15H24O4P/c1-3-18-20(16,19-4-2)14-10-6-9-13-17-15-11-7-5-8-12-15/h5,7-8,11H,3-4,6,9-10,13-14H2,1-2H3. The lowest BCUT2D eigenvalue weighted by Gasteiger charge is -2.16. The largest absolute Gasteiger partial charge is 0.493 e. The number of unbranched alkanes of at least 4 members (excludes halogenated alkanes) is 2. The Kier molecular flexibility index (Phi) is 8.59. The molecular formula is C15H24O4P. The van der Waals surface area contributed by atoms with E-state index in [0.717, 1.165) is 25.0 Å². The third-order valence-corrected chi connectivity index (χ3v) is 4.83. The number of rotatable bonds is 11. The van der Waals surface area contributed by atoms with Gasteiger partial charge in [0, 0.05) is 6.07 Å². The minimum atomic E-state index is -2.87. The van der Waals surface area contributed by atoms with Crippen molar-refractivity contribution >= 4 is 7.60 Å². The second kappa shape index (κ2) is 9.98. The van der Waals surface area contributed by atoms with Crippen LogP contribution >= 0.6 is 7.60 Å². The highest BCUT2D eigenvalue weighted by Gasteiger charge is 2.22. The van der Waals surface area contributed by atoms with Gasteiger partial charge < -0.3 is 13.8 Å². The first-order valence-corrected chi connectivity index (χ1v) is 8.90. The monoisotopic (exact) mass is 299 g/mol. The van der Waals surface area contributed by atoms with Crippen molar-refractivity contribution in [2.45, 2.75) is 33.1 Å².